The molecule has 1 saturated heterocycles. The van der Waals surface area contributed by atoms with Crippen molar-refractivity contribution in [1.82, 2.24) is 10.6 Å². The van der Waals surface area contributed by atoms with Gasteiger partial charge in [-0.2, -0.15) is 0 Å². The molecule has 110 valence electrons. The quantitative estimate of drug-likeness (QED) is 0.861. The molecule has 1 saturated carbocycles. The van der Waals surface area contributed by atoms with Crippen molar-refractivity contribution < 1.29 is 0 Å². The van der Waals surface area contributed by atoms with Crippen LogP contribution in [0.25, 0.3) is 0 Å². The Morgan fingerprint density at radius 3 is 2.25 bits per heavy atom. The van der Waals surface area contributed by atoms with E-state index in [2.05, 4.69) is 49.6 Å². The molecule has 2 aliphatic rings. The van der Waals surface area contributed by atoms with Gasteiger partial charge in [0.15, 0.2) is 0 Å². The van der Waals surface area contributed by atoms with E-state index in [1.165, 1.54) is 42.4 Å². The molecule has 0 radical (unpaired) electrons. The Hall–Kier alpha value is -0.860. The van der Waals surface area contributed by atoms with Gasteiger partial charge in [-0.25, -0.2) is 0 Å². The van der Waals surface area contributed by atoms with Gasteiger partial charge in [0.25, 0.3) is 0 Å². The van der Waals surface area contributed by atoms with Gasteiger partial charge in [0.1, 0.15) is 0 Å². The van der Waals surface area contributed by atoms with Gasteiger partial charge < -0.3 is 0 Å². The molecule has 20 heavy (non-hydrogen) atoms. The molecule has 1 aromatic carbocycles. The van der Waals surface area contributed by atoms with E-state index in [4.69, 9.17) is 0 Å². The highest BCUT2D eigenvalue weighted by Gasteiger charge is 2.43. The molecule has 1 heterocycles. The summed E-state index contributed by atoms with van der Waals surface area (Å²) in [5, 5.41) is 7.75. The standard InChI is InChI=1S/C18H28N2/c1-13-11-19-18(20-12-13,16-6-4-5-7-16)17-9-8-14(2)15(3)10-17/h8-10,13,16,19-20H,4-7,11-12H2,1-3H3. The molecule has 2 fully saturated rings. The highest BCUT2D eigenvalue weighted by molar-refractivity contribution is 5.35. The summed E-state index contributed by atoms with van der Waals surface area (Å²) in [4.78, 5) is 0. The maximum absolute atomic E-state index is 3.88. The second kappa shape index (κ2) is 5.50. The number of hydrogen-bond acceptors (Lipinski definition) is 2. The van der Waals surface area contributed by atoms with Gasteiger partial charge in [-0.15, -0.1) is 0 Å². The SMILES string of the molecule is Cc1ccc(C2(C3CCCC3)NCC(C)CN2)cc1C. The predicted octanol–water partition coefficient (Wildman–Crippen LogP) is 3.48. The molecule has 2 heteroatoms. The molecule has 0 unspecified atom stereocenters. The molecule has 1 aromatic rings. The van der Waals surface area contributed by atoms with Crippen LogP contribution in [0.15, 0.2) is 18.2 Å². The summed E-state index contributed by atoms with van der Waals surface area (Å²) < 4.78 is 0. The zero-order valence-corrected chi connectivity index (χ0v) is 13.1. The molecule has 1 aliphatic carbocycles. The minimum atomic E-state index is 0.0153. The lowest BCUT2D eigenvalue weighted by atomic mass is 9.81. The maximum atomic E-state index is 3.88. The van der Waals surface area contributed by atoms with Gasteiger partial charge in [-0.3, -0.25) is 10.6 Å². The van der Waals surface area contributed by atoms with Crippen molar-refractivity contribution >= 4 is 0 Å². The van der Waals surface area contributed by atoms with Crippen LogP contribution in [0.3, 0.4) is 0 Å². The summed E-state index contributed by atoms with van der Waals surface area (Å²) in [5.74, 6) is 1.45. The van der Waals surface area contributed by atoms with Crippen molar-refractivity contribution in [2.45, 2.75) is 52.1 Å². The van der Waals surface area contributed by atoms with Crippen LogP contribution in [0.1, 0.15) is 49.3 Å². The summed E-state index contributed by atoms with van der Waals surface area (Å²) in [6.45, 7) is 8.99. The third-order valence-corrected chi connectivity index (χ3v) is 5.39. The van der Waals surface area contributed by atoms with E-state index in [1.807, 2.05) is 0 Å². The molecule has 0 amide bonds. The topological polar surface area (TPSA) is 24.1 Å². The van der Waals surface area contributed by atoms with Crippen LogP contribution in [0.5, 0.6) is 0 Å². The van der Waals surface area contributed by atoms with Gasteiger partial charge >= 0.3 is 0 Å². The minimum absolute atomic E-state index is 0.0153. The first kappa shape index (κ1) is 14.1. The van der Waals surface area contributed by atoms with E-state index in [-0.39, 0.29) is 5.66 Å². The lowest BCUT2D eigenvalue weighted by Crippen LogP contribution is -2.64. The summed E-state index contributed by atoms with van der Waals surface area (Å²) in [6, 6.07) is 7.00. The third kappa shape index (κ3) is 2.40. The van der Waals surface area contributed by atoms with Crippen LogP contribution in [0.4, 0.5) is 0 Å². The van der Waals surface area contributed by atoms with E-state index >= 15 is 0 Å². The highest BCUT2D eigenvalue weighted by atomic mass is 15.2. The second-order valence-electron chi connectivity index (χ2n) is 6.96. The summed E-state index contributed by atoms with van der Waals surface area (Å²) in [7, 11) is 0. The number of benzene rings is 1. The van der Waals surface area contributed by atoms with Gasteiger partial charge in [0, 0.05) is 13.1 Å². The Bertz CT molecular complexity index is 466. The fraction of sp³-hybridized carbons (Fsp3) is 0.667. The molecule has 0 spiro atoms. The van der Waals surface area contributed by atoms with E-state index in [1.54, 1.807) is 0 Å². The average molecular weight is 272 g/mol. The zero-order valence-electron chi connectivity index (χ0n) is 13.1. The van der Waals surface area contributed by atoms with Crippen molar-refractivity contribution in [2.75, 3.05) is 13.1 Å². The first-order chi connectivity index (χ1) is 9.62. The third-order valence-electron chi connectivity index (χ3n) is 5.39. The number of hydrogen-bond donors (Lipinski definition) is 2. The van der Waals surface area contributed by atoms with Crippen molar-refractivity contribution in [1.29, 1.82) is 0 Å². The van der Waals surface area contributed by atoms with Crippen LogP contribution in [-0.4, -0.2) is 13.1 Å². The fourth-order valence-electron chi connectivity index (χ4n) is 3.88. The maximum Gasteiger partial charge on any atom is 0.0979 e. The van der Waals surface area contributed by atoms with Crippen molar-refractivity contribution in [3.8, 4) is 0 Å². The Kier molecular flexibility index (Phi) is 3.87. The molecule has 1 aliphatic heterocycles. The summed E-state index contributed by atoms with van der Waals surface area (Å²) >= 11 is 0. The van der Waals surface area contributed by atoms with Crippen LogP contribution in [0.2, 0.25) is 0 Å². The molecule has 0 bridgehead atoms. The van der Waals surface area contributed by atoms with Crippen molar-refractivity contribution in [3.05, 3.63) is 34.9 Å². The van der Waals surface area contributed by atoms with E-state index in [0.29, 0.717) is 0 Å². The van der Waals surface area contributed by atoms with Gasteiger partial charge in [0.2, 0.25) is 0 Å². The van der Waals surface area contributed by atoms with Gasteiger partial charge in [-0.05, 0) is 55.2 Å². The summed E-state index contributed by atoms with van der Waals surface area (Å²) in [6.07, 6.45) is 5.47. The zero-order chi connectivity index (χ0) is 14.2. The monoisotopic (exact) mass is 272 g/mol. The van der Waals surface area contributed by atoms with Gasteiger partial charge in [-0.1, -0.05) is 38.0 Å². The summed E-state index contributed by atoms with van der Waals surface area (Å²) in [5.41, 5.74) is 4.25. The molecule has 0 atom stereocenters. The Morgan fingerprint density at radius 2 is 1.65 bits per heavy atom. The fourth-order valence-corrected chi connectivity index (χ4v) is 3.88. The molecule has 2 nitrogen and oxygen atoms in total. The molecular weight excluding hydrogens is 244 g/mol. The smallest absolute Gasteiger partial charge is 0.0979 e. The van der Waals surface area contributed by atoms with E-state index in [9.17, 15) is 0 Å². The molecule has 3 rings (SSSR count). The number of nitrogens with one attached hydrogen (secondary N) is 2. The molecule has 2 N–H and O–H groups in total. The minimum Gasteiger partial charge on any atom is -0.295 e. The van der Waals surface area contributed by atoms with Crippen molar-refractivity contribution in [2.24, 2.45) is 11.8 Å². The van der Waals surface area contributed by atoms with Crippen LogP contribution < -0.4 is 10.6 Å². The highest BCUT2D eigenvalue weighted by Crippen LogP contribution is 2.40. The number of rotatable bonds is 2. The average Bonchev–Trinajstić information content (AvgIpc) is 2.98. The molecular formula is C18H28N2. The van der Waals surface area contributed by atoms with E-state index in [0.717, 1.165) is 24.9 Å². The lowest BCUT2D eigenvalue weighted by Gasteiger charge is -2.46. The Balaban J connectivity index is 1.97. The van der Waals surface area contributed by atoms with Crippen molar-refractivity contribution in [3.63, 3.8) is 0 Å². The van der Waals surface area contributed by atoms with Gasteiger partial charge in [0.05, 0.1) is 5.66 Å². The normalized spacial score (nSPS) is 31.6. The Labute approximate surface area is 123 Å². The number of aryl methyl sites for hydroxylation is 2. The largest absolute Gasteiger partial charge is 0.295 e. The van der Waals surface area contributed by atoms with E-state index < -0.39 is 0 Å². The Morgan fingerprint density at radius 1 is 1.00 bits per heavy atom. The van der Waals surface area contributed by atoms with Crippen LogP contribution in [-0.2, 0) is 5.66 Å². The second-order valence-corrected chi connectivity index (χ2v) is 6.96. The first-order valence-corrected chi connectivity index (χ1v) is 8.19. The predicted molar refractivity (Wildman–Crippen MR) is 84.7 cm³/mol. The first-order valence-electron chi connectivity index (χ1n) is 8.19. The van der Waals surface area contributed by atoms with Crippen LogP contribution in [0, 0.1) is 25.7 Å². The van der Waals surface area contributed by atoms with Crippen LogP contribution >= 0.6 is 0 Å². The molecule has 0 aromatic heterocycles. The lowest BCUT2D eigenvalue weighted by molar-refractivity contribution is 0.113.